The summed E-state index contributed by atoms with van der Waals surface area (Å²) >= 11 is 0. The highest BCUT2D eigenvalue weighted by Gasteiger charge is 2.09. The molecule has 0 amide bonds. The van der Waals surface area contributed by atoms with Gasteiger partial charge in [-0.3, -0.25) is 0 Å². The first kappa shape index (κ1) is 14.4. The lowest BCUT2D eigenvalue weighted by molar-refractivity contribution is 0.897. The van der Waals surface area contributed by atoms with E-state index in [2.05, 4.69) is 52.4 Å². The zero-order valence-electron chi connectivity index (χ0n) is 13.6. The molecule has 1 N–H and O–H groups in total. The van der Waals surface area contributed by atoms with Gasteiger partial charge in [0.05, 0.1) is 18.1 Å². The SMILES string of the molecule is Cc1cccc(C)c1Nc1cnc2c(cnn2-c2ccccc2)n1. The Hall–Kier alpha value is -3.21. The zero-order chi connectivity index (χ0) is 16.5. The smallest absolute Gasteiger partial charge is 0.181 e. The van der Waals surface area contributed by atoms with E-state index in [1.807, 2.05) is 30.3 Å². The number of aryl methyl sites for hydroxylation is 2. The van der Waals surface area contributed by atoms with Gasteiger partial charge in [0.2, 0.25) is 0 Å². The molecule has 2 aromatic heterocycles. The van der Waals surface area contributed by atoms with Crippen molar-refractivity contribution in [3.05, 3.63) is 72.1 Å². The van der Waals surface area contributed by atoms with Crippen molar-refractivity contribution < 1.29 is 0 Å². The molecule has 0 bridgehead atoms. The summed E-state index contributed by atoms with van der Waals surface area (Å²) in [6, 6.07) is 16.1. The molecule has 0 aliphatic rings. The Kier molecular flexibility index (Phi) is 3.46. The maximum atomic E-state index is 4.64. The molecule has 4 rings (SSSR count). The van der Waals surface area contributed by atoms with Gasteiger partial charge in [0.25, 0.3) is 0 Å². The number of fused-ring (bicyclic) bond motifs is 1. The molecule has 0 spiro atoms. The van der Waals surface area contributed by atoms with Gasteiger partial charge in [-0.25, -0.2) is 14.6 Å². The van der Waals surface area contributed by atoms with Crippen molar-refractivity contribution in [2.24, 2.45) is 0 Å². The predicted molar refractivity (Wildman–Crippen MR) is 95.9 cm³/mol. The Bertz CT molecular complexity index is 985. The van der Waals surface area contributed by atoms with Gasteiger partial charge in [0.1, 0.15) is 11.3 Å². The van der Waals surface area contributed by atoms with Crippen molar-refractivity contribution in [2.75, 3.05) is 5.32 Å². The van der Waals surface area contributed by atoms with E-state index in [0.717, 1.165) is 22.5 Å². The molecule has 0 aliphatic carbocycles. The van der Waals surface area contributed by atoms with Crippen molar-refractivity contribution in [1.29, 1.82) is 0 Å². The summed E-state index contributed by atoms with van der Waals surface area (Å²) in [7, 11) is 0. The minimum absolute atomic E-state index is 0.715. The quantitative estimate of drug-likeness (QED) is 0.616. The molecule has 2 heterocycles. The minimum atomic E-state index is 0.715. The molecule has 0 unspecified atom stereocenters. The largest absolute Gasteiger partial charge is 0.338 e. The van der Waals surface area contributed by atoms with Gasteiger partial charge < -0.3 is 5.32 Å². The molecule has 5 heteroatoms. The fourth-order valence-corrected chi connectivity index (χ4v) is 2.77. The number of benzene rings is 2. The van der Waals surface area contributed by atoms with E-state index in [1.165, 1.54) is 11.1 Å². The summed E-state index contributed by atoms with van der Waals surface area (Å²) in [4.78, 5) is 9.19. The molecule has 0 radical (unpaired) electrons. The number of nitrogens with one attached hydrogen (secondary N) is 1. The number of anilines is 2. The zero-order valence-corrected chi connectivity index (χ0v) is 13.6. The first-order valence-corrected chi connectivity index (χ1v) is 7.82. The first-order valence-electron chi connectivity index (χ1n) is 7.82. The number of hydrogen-bond acceptors (Lipinski definition) is 4. The second kappa shape index (κ2) is 5.77. The maximum Gasteiger partial charge on any atom is 0.181 e. The molecule has 0 fully saturated rings. The van der Waals surface area contributed by atoms with Crippen molar-refractivity contribution in [1.82, 2.24) is 19.7 Å². The van der Waals surface area contributed by atoms with E-state index < -0.39 is 0 Å². The van der Waals surface area contributed by atoms with E-state index in [1.54, 1.807) is 17.1 Å². The van der Waals surface area contributed by atoms with Crippen LogP contribution in [0.4, 0.5) is 11.5 Å². The van der Waals surface area contributed by atoms with Crippen LogP contribution in [0.3, 0.4) is 0 Å². The van der Waals surface area contributed by atoms with Gasteiger partial charge in [0.15, 0.2) is 5.65 Å². The molecule has 5 nitrogen and oxygen atoms in total. The standard InChI is InChI=1S/C19H17N5/c1-13-7-6-8-14(2)18(13)23-17-12-20-19-16(22-17)11-21-24(19)15-9-4-3-5-10-15/h3-12H,1-2H3,(H,22,23). The number of para-hydroxylation sites is 2. The molecule has 118 valence electrons. The monoisotopic (exact) mass is 315 g/mol. The third kappa shape index (κ3) is 2.50. The number of nitrogens with zero attached hydrogens (tertiary/aromatic N) is 4. The summed E-state index contributed by atoms with van der Waals surface area (Å²) in [5.41, 5.74) is 5.90. The fraction of sp³-hybridized carbons (Fsp3) is 0.105. The Balaban J connectivity index is 1.73. The summed E-state index contributed by atoms with van der Waals surface area (Å²) in [5.74, 6) is 0.715. The second-order valence-corrected chi connectivity index (χ2v) is 5.75. The van der Waals surface area contributed by atoms with Crippen molar-refractivity contribution in [2.45, 2.75) is 13.8 Å². The van der Waals surface area contributed by atoms with Gasteiger partial charge in [-0.05, 0) is 37.1 Å². The molecule has 2 aromatic carbocycles. The predicted octanol–water partition coefficient (Wildman–Crippen LogP) is 4.18. The van der Waals surface area contributed by atoms with Crippen LogP contribution in [0.5, 0.6) is 0 Å². The maximum absolute atomic E-state index is 4.64. The number of hydrogen-bond donors (Lipinski definition) is 1. The summed E-state index contributed by atoms with van der Waals surface area (Å²) in [6.07, 6.45) is 3.49. The van der Waals surface area contributed by atoms with Crippen LogP contribution in [-0.4, -0.2) is 19.7 Å². The third-order valence-electron chi connectivity index (χ3n) is 4.01. The highest BCUT2D eigenvalue weighted by Crippen LogP contribution is 2.24. The topological polar surface area (TPSA) is 55.6 Å². The molecule has 0 saturated heterocycles. The molecule has 4 aromatic rings. The third-order valence-corrected chi connectivity index (χ3v) is 4.01. The van der Waals surface area contributed by atoms with Crippen LogP contribution in [0.1, 0.15) is 11.1 Å². The van der Waals surface area contributed by atoms with Crippen LogP contribution in [0.2, 0.25) is 0 Å². The average Bonchev–Trinajstić information content (AvgIpc) is 3.02. The van der Waals surface area contributed by atoms with Crippen LogP contribution in [0, 0.1) is 13.8 Å². The van der Waals surface area contributed by atoms with Crippen molar-refractivity contribution in [3.8, 4) is 5.69 Å². The van der Waals surface area contributed by atoms with Gasteiger partial charge in [-0.1, -0.05) is 36.4 Å². The van der Waals surface area contributed by atoms with Gasteiger partial charge >= 0.3 is 0 Å². The van der Waals surface area contributed by atoms with E-state index in [-0.39, 0.29) is 0 Å². The molecular weight excluding hydrogens is 298 g/mol. The van der Waals surface area contributed by atoms with Crippen molar-refractivity contribution >= 4 is 22.7 Å². The summed E-state index contributed by atoms with van der Waals surface area (Å²) in [6.45, 7) is 4.16. The number of aromatic nitrogens is 4. The molecule has 0 saturated carbocycles. The van der Waals surface area contributed by atoms with Crippen LogP contribution < -0.4 is 5.32 Å². The van der Waals surface area contributed by atoms with E-state index in [0.29, 0.717) is 5.82 Å². The van der Waals surface area contributed by atoms with Gasteiger partial charge in [-0.2, -0.15) is 5.10 Å². The van der Waals surface area contributed by atoms with Gasteiger partial charge in [-0.15, -0.1) is 0 Å². The van der Waals surface area contributed by atoms with Crippen molar-refractivity contribution in [3.63, 3.8) is 0 Å². The van der Waals surface area contributed by atoms with Crippen LogP contribution in [0.25, 0.3) is 16.9 Å². The summed E-state index contributed by atoms with van der Waals surface area (Å²) in [5, 5.41) is 7.78. The van der Waals surface area contributed by atoms with Crippen LogP contribution in [-0.2, 0) is 0 Å². The lowest BCUT2D eigenvalue weighted by atomic mass is 10.1. The second-order valence-electron chi connectivity index (χ2n) is 5.75. The summed E-state index contributed by atoms with van der Waals surface area (Å²) < 4.78 is 1.80. The molecule has 0 aliphatic heterocycles. The fourth-order valence-electron chi connectivity index (χ4n) is 2.77. The lowest BCUT2D eigenvalue weighted by Gasteiger charge is -2.11. The Morgan fingerprint density at radius 1 is 0.875 bits per heavy atom. The average molecular weight is 315 g/mol. The van der Waals surface area contributed by atoms with Crippen LogP contribution >= 0.6 is 0 Å². The van der Waals surface area contributed by atoms with E-state index in [9.17, 15) is 0 Å². The minimum Gasteiger partial charge on any atom is -0.338 e. The highest BCUT2D eigenvalue weighted by molar-refractivity contribution is 5.75. The van der Waals surface area contributed by atoms with E-state index >= 15 is 0 Å². The Morgan fingerprint density at radius 3 is 2.38 bits per heavy atom. The van der Waals surface area contributed by atoms with Gasteiger partial charge in [0, 0.05) is 5.69 Å². The number of rotatable bonds is 3. The molecule has 24 heavy (non-hydrogen) atoms. The highest BCUT2D eigenvalue weighted by atomic mass is 15.3. The normalized spacial score (nSPS) is 10.9. The molecular formula is C19H17N5. The van der Waals surface area contributed by atoms with E-state index in [4.69, 9.17) is 0 Å². The van der Waals surface area contributed by atoms with Crippen LogP contribution in [0.15, 0.2) is 60.9 Å². The lowest BCUT2D eigenvalue weighted by Crippen LogP contribution is -2.01. The first-order chi connectivity index (χ1) is 11.7. The Labute approximate surface area is 140 Å². The molecule has 0 atom stereocenters. The Morgan fingerprint density at radius 2 is 1.62 bits per heavy atom.